The molecule has 2 N–H and O–H groups in total. The van der Waals surface area contributed by atoms with E-state index in [0.717, 1.165) is 22.9 Å². The average molecular weight is 287 g/mol. The van der Waals surface area contributed by atoms with E-state index in [-0.39, 0.29) is 11.7 Å². The van der Waals surface area contributed by atoms with Crippen molar-refractivity contribution in [3.05, 3.63) is 42.0 Å². The fraction of sp³-hybridized carbons (Fsp3) is 0.312. The first-order valence-corrected chi connectivity index (χ1v) is 7.98. The molecule has 1 saturated heterocycles. The Kier molecular flexibility index (Phi) is 3.83. The van der Waals surface area contributed by atoms with Gasteiger partial charge >= 0.3 is 0 Å². The first kappa shape index (κ1) is 13.3. The Morgan fingerprint density at radius 1 is 1.30 bits per heavy atom. The Bertz CT molecular complexity index is 635. The Labute approximate surface area is 122 Å². The summed E-state index contributed by atoms with van der Waals surface area (Å²) in [6.45, 7) is 0.693. The summed E-state index contributed by atoms with van der Waals surface area (Å²) in [5.41, 5.74) is 0.356. The van der Waals surface area contributed by atoms with Crippen LogP contribution in [-0.4, -0.2) is 29.1 Å². The van der Waals surface area contributed by atoms with E-state index in [0.29, 0.717) is 18.0 Å². The molecule has 1 atom stereocenters. The van der Waals surface area contributed by atoms with Crippen molar-refractivity contribution < 1.29 is 9.90 Å². The van der Waals surface area contributed by atoms with E-state index in [1.54, 1.807) is 6.07 Å². The minimum Gasteiger partial charge on any atom is -0.506 e. The van der Waals surface area contributed by atoms with E-state index in [1.165, 1.54) is 5.75 Å². The van der Waals surface area contributed by atoms with Gasteiger partial charge < -0.3 is 10.4 Å². The molecule has 0 bridgehead atoms. The second kappa shape index (κ2) is 5.75. The molecule has 1 amide bonds. The van der Waals surface area contributed by atoms with Gasteiger partial charge in [0, 0.05) is 11.9 Å². The van der Waals surface area contributed by atoms with E-state index in [9.17, 15) is 9.90 Å². The Morgan fingerprint density at radius 3 is 2.95 bits per heavy atom. The highest BCUT2D eigenvalue weighted by atomic mass is 32.2. The molecule has 1 unspecified atom stereocenters. The van der Waals surface area contributed by atoms with E-state index in [2.05, 4.69) is 5.32 Å². The number of hydrogen-bond donors (Lipinski definition) is 2. The van der Waals surface area contributed by atoms with Crippen molar-refractivity contribution in [3.8, 4) is 5.75 Å². The Morgan fingerprint density at radius 2 is 2.15 bits per heavy atom. The molecule has 2 aromatic carbocycles. The van der Waals surface area contributed by atoms with Crippen LogP contribution >= 0.6 is 11.8 Å². The van der Waals surface area contributed by atoms with Crippen molar-refractivity contribution in [1.29, 1.82) is 0 Å². The lowest BCUT2D eigenvalue weighted by molar-refractivity contribution is 0.0946. The molecule has 0 radical (unpaired) electrons. The van der Waals surface area contributed by atoms with Gasteiger partial charge in [0.1, 0.15) is 5.75 Å². The molecule has 1 aliphatic rings. The lowest BCUT2D eigenvalue weighted by Gasteiger charge is -2.12. The summed E-state index contributed by atoms with van der Waals surface area (Å²) in [6.07, 6.45) is 1.16. The summed E-state index contributed by atoms with van der Waals surface area (Å²) in [6, 6.07) is 11.1. The molecule has 0 aliphatic carbocycles. The number of fused-ring (bicyclic) bond motifs is 1. The van der Waals surface area contributed by atoms with Crippen LogP contribution in [0.4, 0.5) is 0 Å². The summed E-state index contributed by atoms with van der Waals surface area (Å²) in [5.74, 6) is 2.74. The number of amides is 1. The molecule has 3 nitrogen and oxygen atoms in total. The summed E-state index contributed by atoms with van der Waals surface area (Å²) in [5, 5.41) is 14.8. The lowest BCUT2D eigenvalue weighted by atomic mass is 10.0. The third-order valence-electron chi connectivity index (χ3n) is 3.72. The highest BCUT2D eigenvalue weighted by Gasteiger charge is 2.18. The lowest BCUT2D eigenvalue weighted by Crippen LogP contribution is -2.29. The maximum Gasteiger partial charge on any atom is 0.255 e. The summed E-state index contributed by atoms with van der Waals surface area (Å²) in [4.78, 5) is 12.2. The molecular formula is C16H17NO2S. The fourth-order valence-electron chi connectivity index (χ4n) is 2.51. The third kappa shape index (κ3) is 2.61. The van der Waals surface area contributed by atoms with Gasteiger partial charge in [-0.3, -0.25) is 4.79 Å². The number of aromatic hydroxyl groups is 1. The Balaban J connectivity index is 1.78. The number of carbonyl (C=O) groups is 1. The maximum atomic E-state index is 12.2. The van der Waals surface area contributed by atoms with Gasteiger partial charge in [0.05, 0.1) is 5.56 Å². The van der Waals surface area contributed by atoms with Crippen LogP contribution < -0.4 is 5.32 Å². The van der Waals surface area contributed by atoms with Crippen molar-refractivity contribution in [2.24, 2.45) is 5.92 Å². The molecule has 1 heterocycles. The molecule has 1 aliphatic heterocycles. The summed E-state index contributed by atoms with van der Waals surface area (Å²) < 4.78 is 0. The van der Waals surface area contributed by atoms with Gasteiger partial charge in [-0.25, -0.2) is 0 Å². The van der Waals surface area contributed by atoms with Gasteiger partial charge in [0.25, 0.3) is 5.91 Å². The van der Waals surface area contributed by atoms with Crippen LogP contribution in [-0.2, 0) is 0 Å². The molecule has 3 rings (SSSR count). The van der Waals surface area contributed by atoms with Crippen LogP contribution in [0, 0.1) is 5.92 Å². The number of benzene rings is 2. The van der Waals surface area contributed by atoms with Gasteiger partial charge in [-0.1, -0.05) is 30.3 Å². The van der Waals surface area contributed by atoms with Crippen molar-refractivity contribution in [2.45, 2.75) is 6.42 Å². The molecule has 0 aromatic heterocycles. The molecule has 4 heteroatoms. The first-order valence-electron chi connectivity index (χ1n) is 6.82. The quantitative estimate of drug-likeness (QED) is 0.912. The van der Waals surface area contributed by atoms with Gasteiger partial charge in [-0.15, -0.1) is 0 Å². The molecule has 20 heavy (non-hydrogen) atoms. The zero-order valence-electron chi connectivity index (χ0n) is 11.1. The minimum atomic E-state index is -0.190. The van der Waals surface area contributed by atoms with Crippen molar-refractivity contribution in [2.75, 3.05) is 18.1 Å². The topological polar surface area (TPSA) is 49.3 Å². The number of phenolic OH excluding ortho intramolecular Hbond substituents is 1. The van der Waals surface area contributed by atoms with E-state index in [4.69, 9.17) is 0 Å². The summed E-state index contributed by atoms with van der Waals surface area (Å²) >= 11 is 1.93. The Hall–Kier alpha value is -1.68. The van der Waals surface area contributed by atoms with Crippen LogP contribution in [0.25, 0.3) is 10.8 Å². The maximum absolute atomic E-state index is 12.2. The van der Waals surface area contributed by atoms with E-state index in [1.807, 2.05) is 42.1 Å². The third-order valence-corrected chi connectivity index (χ3v) is 4.95. The molecule has 1 fully saturated rings. The predicted octanol–water partition coefficient (Wildman–Crippen LogP) is 3.03. The average Bonchev–Trinajstić information content (AvgIpc) is 2.99. The highest BCUT2D eigenvalue weighted by molar-refractivity contribution is 7.99. The van der Waals surface area contributed by atoms with Crippen LogP contribution in [0.3, 0.4) is 0 Å². The monoisotopic (exact) mass is 287 g/mol. The molecule has 0 spiro atoms. The van der Waals surface area contributed by atoms with Crippen LogP contribution in [0.2, 0.25) is 0 Å². The first-order chi connectivity index (χ1) is 9.75. The van der Waals surface area contributed by atoms with Crippen molar-refractivity contribution in [1.82, 2.24) is 5.32 Å². The second-order valence-corrected chi connectivity index (χ2v) is 6.27. The number of hydrogen-bond acceptors (Lipinski definition) is 3. The molecular weight excluding hydrogens is 270 g/mol. The van der Waals surface area contributed by atoms with Crippen molar-refractivity contribution >= 4 is 28.4 Å². The molecule has 0 saturated carbocycles. The number of rotatable bonds is 3. The largest absolute Gasteiger partial charge is 0.506 e. The van der Waals surface area contributed by atoms with Gasteiger partial charge in [0.2, 0.25) is 0 Å². The van der Waals surface area contributed by atoms with Crippen LogP contribution in [0.1, 0.15) is 16.8 Å². The standard InChI is InChI=1S/C16H17NO2S/c18-15-13-4-2-1-3-12(13)5-6-14(15)16(19)17-9-11-7-8-20-10-11/h1-6,11,18H,7-10H2,(H,17,19). The zero-order valence-corrected chi connectivity index (χ0v) is 12.0. The number of thioether (sulfide) groups is 1. The van der Waals surface area contributed by atoms with Crippen LogP contribution in [0.5, 0.6) is 5.75 Å². The highest BCUT2D eigenvalue weighted by Crippen LogP contribution is 2.28. The van der Waals surface area contributed by atoms with Gasteiger partial charge in [-0.05, 0) is 35.3 Å². The number of nitrogens with one attached hydrogen (secondary N) is 1. The predicted molar refractivity (Wildman–Crippen MR) is 83.4 cm³/mol. The normalized spacial score (nSPS) is 18.3. The zero-order chi connectivity index (χ0) is 13.9. The fourth-order valence-corrected chi connectivity index (χ4v) is 3.80. The second-order valence-electron chi connectivity index (χ2n) is 5.12. The van der Waals surface area contributed by atoms with Gasteiger partial charge in [-0.2, -0.15) is 11.8 Å². The van der Waals surface area contributed by atoms with Gasteiger partial charge in [0.15, 0.2) is 0 Å². The van der Waals surface area contributed by atoms with Crippen LogP contribution in [0.15, 0.2) is 36.4 Å². The SMILES string of the molecule is O=C(NCC1CCSC1)c1ccc2ccccc2c1O. The number of carbonyl (C=O) groups excluding carboxylic acids is 1. The molecule has 2 aromatic rings. The minimum absolute atomic E-state index is 0.0707. The van der Waals surface area contributed by atoms with E-state index < -0.39 is 0 Å². The summed E-state index contributed by atoms with van der Waals surface area (Å²) in [7, 11) is 0. The van der Waals surface area contributed by atoms with Crippen molar-refractivity contribution in [3.63, 3.8) is 0 Å². The van der Waals surface area contributed by atoms with E-state index >= 15 is 0 Å². The molecule has 104 valence electrons. The smallest absolute Gasteiger partial charge is 0.255 e. The number of phenols is 1.